The van der Waals surface area contributed by atoms with Crippen LogP contribution < -0.4 is 5.32 Å². The first kappa shape index (κ1) is 20.4. The van der Waals surface area contributed by atoms with Crippen molar-refractivity contribution in [2.75, 3.05) is 13.1 Å². The number of amides is 1. The van der Waals surface area contributed by atoms with E-state index in [4.69, 9.17) is 4.74 Å². The molecule has 0 spiro atoms. The lowest BCUT2D eigenvalue weighted by atomic mass is 10.0. The van der Waals surface area contributed by atoms with Crippen molar-refractivity contribution in [3.8, 4) is 0 Å². The lowest BCUT2D eigenvalue weighted by molar-refractivity contribution is -0.139. The minimum Gasteiger partial charge on any atom is -0.480 e. The van der Waals surface area contributed by atoms with Crippen LogP contribution in [0.25, 0.3) is 0 Å². The second-order valence-corrected chi connectivity index (χ2v) is 7.64. The summed E-state index contributed by atoms with van der Waals surface area (Å²) in [5.74, 6) is -1.16. The summed E-state index contributed by atoms with van der Waals surface area (Å²) in [6, 6.07) is 6.51. The number of morpholine rings is 1. The lowest BCUT2D eigenvalue weighted by Crippen LogP contribution is -2.44. The third kappa shape index (κ3) is 6.11. The van der Waals surface area contributed by atoms with Crippen LogP contribution in [-0.2, 0) is 16.1 Å². The van der Waals surface area contributed by atoms with Crippen LogP contribution >= 0.6 is 0 Å². The van der Waals surface area contributed by atoms with Crippen molar-refractivity contribution in [3.63, 3.8) is 0 Å². The van der Waals surface area contributed by atoms with Gasteiger partial charge in [0.25, 0.3) is 5.91 Å². The van der Waals surface area contributed by atoms with Gasteiger partial charge >= 0.3 is 5.97 Å². The van der Waals surface area contributed by atoms with Gasteiger partial charge in [0.2, 0.25) is 0 Å². The molecule has 0 aliphatic carbocycles. The predicted molar refractivity (Wildman–Crippen MR) is 100 cm³/mol. The van der Waals surface area contributed by atoms with Crippen LogP contribution in [0.4, 0.5) is 0 Å². The summed E-state index contributed by atoms with van der Waals surface area (Å²) in [6.45, 7) is 10.6. The van der Waals surface area contributed by atoms with Crippen LogP contribution in [-0.4, -0.2) is 53.2 Å². The van der Waals surface area contributed by atoms with Gasteiger partial charge in [0, 0.05) is 25.2 Å². The molecule has 1 aliphatic heterocycles. The van der Waals surface area contributed by atoms with E-state index in [1.807, 2.05) is 26.0 Å². The minimum absolute atomic E-state index is 0.192. The molecule has 1 amide bonds. The van der Waals surface area contributed by atoms with Crippen LogP contribution in [0, 0.1) is 5.92 Å². The number of aliphatic carboxylic acids is 1. The molecule has 3 atom stereocenters. The monoisotopic (exact) mass is 362 g/mol. The van der Waals surface area contributed by atoms with E-state index in [9.17, 15) is 14.7 Å². The van der Waals surface area contributed by atoms with E-state index in [0.717, 1.165) is 25.2 Å². The molecule has 144 valence electrons. The molecular weight excluding hydrogens is 332 g/mol. The second-order valence-electron chi connectivity index (χ2n) is 7.64. The molecule has 6 nitrogen and oxygen atoms in total. The maximum atomic E-state index is 12.3. The first-order valence-electron chi connectivity index (χ1n) is 9.25. The SMILES string of the molecule is CC(C)C[C@@H](NC(=O)c1ccc(CN2C[C@@H](C)O[C@@H](C)C2)cc1)C(=O)O. The molecule has 0 saturated carbocycles. The molecule has 1 saturated heterocycles. The van der Waals surface area contributed by atoms with E-state index < -0.39 is 12.0 Å². The molecule has 0 unspecified atom stereocenters. The van der Waals surface area contributed by atoms with E-state index in [1.165, 1.54) is 0 Å². The second kappa shape index (κ2) is 9.14. The fourth-order valence-electron chi connectivity index (χ4n) is 3.37. The van der Waals surface area contributed by atoms with Crippen LogP contribution in [0.1, 0.15) is 50.0 Å². The van der Waals surface area contributed by atoms with Crippen LogP contribution in [0.3, 0.4) is 0 Å². The number of benzene rings is 1. The van der Waals surface area contributed by atoms with Crippen LogP contribution in [0.5, 0.6) is 0 Å². The Morgan fingerprint density at radius 1 is 1.19 bits per heavy atom. The maximum absolute atomic E-state index is 12.3. The molecule has 1 fully saturated rings. The van der Waals surface area contributed by atoms with E-state index in [1.54, 1.807) is 12.1 Å². The van der Waals surface area contributed by atoms with Crippen molar-refractivity contribution in [1.29, 1.82) is 0 Å². The Balaban J connectivity index is 1.95. The molecule has 2 N–H and O–H groups in total. The first-order chi connectivity index (χ1) is 12.2. The quantitative estimate of drug-likeness (QED) is 0.779. The van der Waals surface area contributed by atoms with Crippen LogP contribution in [0.15, 0.2) is 24.3 Å². The van der Waals surface area contributed by atoms with Gasteiger partial charge in [-0.2, -0.15) is 0 Å². The molecule has 1 aromatic rings. The van der Waals surface area contributed by atoms with Gasteiger partial charge in [-0.3, -0.25) is 9.69 Å². The van der Waals surface area contributed by atoms with Crippen molar-refractivity contribution in [2.45, 2.75) is 58.9 Å². The number of hydrogen-bond donors (Lipinski definition) is 2. The summed E-state index contributed by atoms with van der Waals surface area (Å²) >= 11 is 0. The molecule has 1 aromatic carbocycles. The number of nitrogens with zero attached hydrogens (tertiary/aromatic N) is 1. The number of carbonyl (C=O) groups is 2. The Bertz CT molecular complexity index is 605. The van der Waals surface area contributed by atoms with Crippen molar-refractivity contribution in [1.82, 2.24) is 10.2 Å². The average molecular weight is 362 g/mol. The number of ether oxygens (including phenoxy) is 1. The Morgan fingerprint density at radius 2 is 1.77 bits per heavy atom. The smallest absolute Gasteiger partial charge is 0.326 e. The van der Waals surface area contributed by atoms with E-state index in [2.05, 4.69) is 24.1 Å². The zero-order valence-corrected chi connectivity index (χ0v) is 16.1. The lowest BCUT2D eigenvalue weighted by Gasteiger charge is -2.35. The number of carboxylic acids is 1. The topological polar surface area (TPSA) is 78.9 Å². The van der Waals surface area contributed by atoms with E-state index in [0.29, 0.717) is 12.0 Å². The van der Waals surface area contributed by atoms with Gasteiger partial charge in [-0.1, -0.05) is 26.0 Å². The Hall–Kier alpha value is -1.92. The van der Waals surface area contributed by atoms with Crippen molar-refractivity contribution in [2.24, 2.45) is 5.92 Å². The van der Waals surface area contributed by atoms with Gasteiger partial charge in [-0.05, 0) is 43.9 Å². The van der Waals surface area contributed by atoms with Crippen molar-refractivity contribution < 1.29 is 19.4 Å². The molecule has 0 bridgehead atoms. The maximum Gasteiger partial charge on any atom is 0.326 e. The van der Waals surface area contributed by atoms with Crippen molar-refractivity contribution in [3.05, 3.63) is 35.4 Å². The zero-order valence-electron chi connectivity index (χ0n) is 16.1. The predicted octanol–water partition coefficient (Wildman–Crippen LogP) is 2.52. The third-order valence-corrected chi connectivity index (χ3v) is 4.43. The summed E-state index contributed by atoms with van der Waals surface area (Å²) in [5.41, 5.74) is 1.60. The summed E-state index contributed by atoms with van der Waals surface area (Å²) < 4.78 is 5.75. The fraction of sp³-hybridized carbons (Fsp3) is 0.600. The summed E-state index contributed by atoms with van der Waals surface area (Å²) in [5, 5.41) is 11.9. The Kier molecular flexibility index (Phi) is 7.17. The molecule has 1 aliphatic rings. The van der Waals surface area contributed by atoms with Gasteiger partial charge in [-0.25, -0.2) is 4.79 Å². The highest BCUT2D eigenvalue weighted by atomic mass is 16.5. The number of rotatable bonds is 7. The standard InChI is InChI=1S/C20H30N2O4/c1-13(2)9-18(20(24)25)21-19(23)17-7-5-16(6-8-17)12-22-10-14(3)26-15(4)11-22/h5-8,13-15,18H,9-12H2,1-4H3,(H,21,23)(H,24,25)/t14-,15+,18-/m1/s1. The van der Waals surface area contributed by atoms with E-state index >= 15 is 0 Å². The van der Waals surface area contributed by atoms with E-state index in [-0.39, 0.29) is 24.0 Å². The minimum atomic E-state index is -1.00. The largest absolute Gasteiger partial charge is 0.480 e. The van der Waals surface area contributed by atoms with Gasteiger partial charge in [-0.15, -0.1) is 0 Å². The molecule has 26 heavy (non-hydrogen) atoms. The highest BCUT2D eigenvalue weighted by molar-refractivity contribution is 5.96. The molecule has 1 heterocycles. The summed E-state index contributed by atoms with van der Waals surface area (Å²) in [6.07, 6.45) is 0.849. The molecule has 6 heteroatoms. The van der Waals surface area contributed by atoms with Crippen LogP contribution in [0.2, 0.25) is 0 Å². The molecule has 0 aromatic heterocycles. The summed E-state index contributed by atoms with van der Waals surface area (Å²) in [4.78, 5) is 26.0. The normalized spacial score (nSPS) is 22.2. The number of carbonyl (C=O) groups excluding carboxylic acids is 1. The average Bonchev–Trinajstić information content (AvgIpc) is 2.53. The first-order valence-corrected chi connectivity index (χ1v) is 9.25. The fourth-order valence-corrected chi connectivity index (χ4v) is 3.37. The van der Waals surface area contributed by atoms with Gasteiger partial charge in [0.15, 0.2) is 0 Å². The number of hydrogen-bond acceptors (Lipinski definition) is 4. The van der Waals surface area contributed by atoms with Gasteiger partial charge in [0.05, 0.1) is 12.2 Å². The van der Waals surface area contributed by atoms with Gasteiger partial charge in [0.1, 0.15) is 6.04 Å². The Morgan fingerprint density at radius 3 is 2.27 bits per heavy atom. The highest BCUT2D eigenvalue weighted by Gasteiger charge is 2.23. The van der Waals surface area contributed by atoms with Crippen molar-refractivity contribution >= 4 is 11.9 Å². The number of nitrogens with one attached hydrogen (secondary N) is 1. The zero-order chi connectivity index (χ0) is 19.3. The van der Waals surface area contributed by atoms with Gasteiger partial charge < -0.3 is 15.2 Å². The molecular formula is C20H30N2O4. The molecule has 2 rings (SSSR count). The highest BCUT2D eigenvalue weighted by Crippen LogP contribution is 2.15. The third-order valence-electron chi connectivity index (χ3n) is 4.43. The Labute approximate surface area is 155 Å². The number of carboxylic acid groups (broad SMARTS) is 1. The summed E-state index contributed by atoms with van der Waals surface area (Å²) in [7, 11) is 0. The molecule has 0 radical (unpaired) electrons.